The van der Waals surface area contributed by atoms with E-state index in [4.69, 9.17) is 18.5 Å². The van der Waals surface area contributed by atoms with Crippen LogP contribution in [0, 0.1) is 0 Å². The molecule has 0 rings (SSSR count). The molecule has 6 heteroatoms. The van der Waals surface area contributed by atoms with Gasteiger partial charge < -0.3 is 18.5 Å². The zero-order valence-electron chi connectivity index (χ0n) is 35.1. The first-order valence-corrected chi connectivity index (χ1v) is 23.7. The van der Waals surface area contributed by atoms with Crippen molar-refractivity contribution in [3.05, 3.63) is 0 Å². The lowest BCUT2D eigenvalue weighted by Crippen LogP contribution is -2.33. The highest BCUT2D eigenvalue weighted by Crippen LogP contribution is 2.46. The molecule has 0 radical (unpaired) electrons. The molecule has 0 aromatic rings. The lowest BCUT2D eigenvalue weighted by atomic mass is 10.0. The fourth-order valence-electron chi connectivity index (χ4n) is 6.75. The van der Waals surface area contributed by atoms with E-state index >= 15 is 0 Å². The molecular weight excluding hydrogens is 637 g/mol. The molecule has 0 aliphatic carbocycles. The summed E-state index contributed by atoms with van der Waals surface area (Å²) in [4.78, 5) is 0. The first kappa shape index (κ1) is 50.2. The van der Waals surface area contributed by atoms with E-state index in [0.717, 1.165) is 39.3 Å². The average molecular weight is 730 g/mol. The summed E-state index contributed by atoms with van der Waals surface area (Å²) in [5.41, 5.74) is 0. The van der Waals surface area contributed by atoms with Crippen molar-refractivity contribution in [3.8, 4) is 0 Å². The Balaban J connectivity index is 3.74. The quantitative estimate of drug-likeness (QED) is 0.0462. The van der Waals surface area contributed by atoms with Crippen LogP contribution in [0.25, 0.3) is 0 Å². The third-order valence-corrected chi connectivity index (χ3v) is 11.9. The van der Waals surface area contributed by atoms with Crippen LogP contribution in [0.3, 0.4) is 0 Å². The third-order valence-electron chi connectivity index (χ3n) is 9.80. The predicted molar refractivity (Wildman–Crippen MR) is 222 cm³/mol. The van der Waals surface area contributed by atoms with Crippen LogP contribution in [-0.2, 0) is 18.5 Å². The van der Waals surface area contributed by atoms with Crippen molar-refractivity contribution in [2.75, 3.05) is 39.6 Å². The van der Waals surface area contributed by atoms with Gasteiger partial charge in [-0.1, -0.05) is 181 Å². The van der Waals surface area contributed by atoms with Gasteiger partial charge in [-0.25, -0.2) is 4.67 Å². The minimum Gasteiger partial charge on any atom is -0.381 e. The second-order valence-corrected chi connectivity index (χ2v) is 17.0. The molecule has 0 unspecified atom stereocenters. The van der Waals surface area contributed by atoms with Gasteiger partial charge in [0.1, 0.15) is 0 Å². The van der Waals surface area contributed by atoms with E-state index in [-0.39, 0.29) is 0 Å². The summed E-state index contributed by atoms with van der Waals surface area (Å²) in [7, 11) is -1.07. The van der Waals surface area contributed by atoms with Gasteiger partial charge >= 0.3 is 0 Å². The molecule has 5 nitrogen and oxygen atoms in total. The summed E-state index contributed by atoms with van der Waals surface area (Å²) in [6.45, 7) is 18.2. The smallest absolute Gasteiger partial charge is 0.259 e. The predicted octanol–water partition coefficient (Wildman–Crippen LogP) is 15.1. The molecule has 0 heterocycles. The zero-order valence-corrected chi connectivity index (χ0v) is 36.0. The summed E-state index contributed by atoms with van der Waals surface area (Å²) < 4.78 is 26.9. The van der Waals surface area contributed by atoms with Crippen molar-refractivity contribution < 1.29 is 18.5 Å². The zero-order chi connectivity index (χ0) is 36.6. The van der Waals surface area contributed by atoms with Crippen molar-refractivity contribution in [3.63, 3.8) is 0 Å². The number of hydrogen-bond donors (Lipinski definition) is 0. The van der Waals surface area contributed by atoms with E-state index in [9.17, 15) is 0 Å². The van der Waals surface area contributed by atoms with Gasteiger partial charge in [-0.3, -0.25) is 0 Å². The minimum absolute atomic E-state index is 0.384. The summed E-state index contributed by atoms with van der Waals surface area (Å²) >= 11 is 0. The molecule has 0 N–H and O–H groups in total. The first-order chi connectivity index (χ1) is 24.5. The van der Waals surface area contributed by atoms with Crippen LogP contribution in [-0.4, -0.2) is 56.4 Å². The number of ether oxygens (including phenoxy) is 2. The highest BCUT2D eigenvalue weighted by molar-refractivity contribution is 7.44. The van der Waals surface area contributed by atoms with Gasteiger partial charge in [-0.2, -0.15) is 0 Å². The molecule has 0 aliphatic rings. The lowest BCUT2D eigenvalue weighted by Gasteiger charge is -2.35. The van der Waals surface area contributed by atoms with E-state index in [1.165, 1.54) is 180 Å². The molecule has 302 valence electrons. The normalized spacial score (nSPS) is 12.1. The average Bonchev–Trinajstić information content (AvgIpc) is 3.09. The van der Waals surface area contributed by atoms with Crippen LogP contribution >= 0.6 is 8.53 Å². The first-order valence-electron chi connectivity index (χ1n) is 22.5. The van der Waals surface area contributed by atoms with Gasteiger partial charge in [-0.05, 0) is 53.4 Å². The van der Waals surface area contributed by atoms with E-state index in [1.54, 1.807) is 0 Å². The highest BCUT2D eigenvalue weighted by atomic mass is 31.2. The SMILES string of the molecule is CCCCCCCCCCCCCCCCOCCCOP(OCCCOCCCCCCCCCCCCCCCC)N(C(C)C)C(C)C. The Morgan fingerprint density at radius 1 is 0.320 bits per heavy atom. The molecule has 0 fully saturated rings. The number of hydrogen-bond acceptors (Lipinski definition) is 5. The van der Waals surface area contributed by atoms with Crippen LogP contribution in [0.1, 0.15) is 234 Å². The van der Waals surface area contributed by atoms with Gasteiger partial charge in [-0.15, -0.1) is 0 Å². The van der Waals surface area contributed by atoms with Crippen LogP contribution in [0.15, 0.2) is 0 Å². The molecule has 0 atom stereocenters. The Labute approximate surface area is 316 Å². The highest BCUT2D eigenvalue weighted by Gasteiger charge is 2.26. The van der Waals surface area contributed by atoms with Crippen LogP contribution in [0.5, 0.6) is 0 Å². The summed E-state index contributed by atoms with van der Waals surface area (Å²) in [5.74, 6) is 0. The van der Waals surface area contributed by atoms with Crippen molar-refractivity contribution in [2.24, 2.45) is 0 Å². The van der Waals surface area contributed by atoms with E-state index < -0.39 is 8.53 Å². The number of nitrogens with zero attached hydrogens (tertiary/aromatic N) is 1. The van der Waals surface area contributed by atoms with Gasteiger partial charge in [0.25, 0.3) is 8.53 Å². The van der Waals surface area contributed by atoms with Gasteiger partial charge in [0.15, 0.2) is 0 Å². The summed E-state index contributed by atoms with van der Waals surface area (Å²) in [5, 5.41) is 0. The Hall–Kier alpha value is 0.230. The Morgan fingerprint density at radius 3 is 0.820 bits per heavy atom. The molecule has 0 saturated heterocycles. The Bertz CT molecular complexity index is 573. The molecule has 0 amide bonds. The molecule has 0 spiro atoms. The maximum Gasteiger partial charge on any atom is 0.259 e. The van der Waals surface area contributed by atoms with Crippen molar-refractivity contribution in [1.82, 2.24) is 4.67 Å². The molecular formula is C44H92NO4P. The second kappa shape index (κ2) is 42.0. The Kier molecular flexibility index (Phi) is 42.2. The van der Waals surface area contributed by atoms with Gasteiger partial charge in [0.2, 0.25) is 0 Å². The maximum atomic E-state index is 6.34. The van der Waals surface area contributed by atoms with Crippen LogP contribution in [0.4, 0.5) is 0 Å². The standard InChI is InChI=1S/C44H92NO4P/c1-7-9-11-13-15-17-19-21-23-25-27-29-31-33-37-46-39-35-41-48-50(45(43(3)4)44(5)6)49-42-36-40-47-38-34-32-30-28-26-24-22-20-18-16-14-12-10-8-2/h43-44H,7-42H2,1-6H3. The molecule has 0 saturated carbocycles. The fourth-order valence-corrected chi connectivity index (χ4v) is 8.42. The minimum atomic E-state index is -1.07. The summed E-state index contributed by atoms with van der Waals surface area (Å²) in [6.07, 6.45) is 40.9. The molecule has 0 aromatic carbocycles. The third kappa shape index (κ3) is 36.6. The van der Waals surface area contributed by atoms with Gasteiger partial charge in [0, 0.05) is 38.5 Å². The van der Waals surface area contributed by atoms with Crippen molar-refractivity contribution in [2.45, 2.75) is 246 Å². The van der Waals surface area contributed by atoms with E-state index in [1.807, 2.05) is 0 Å². The van der Waals surface area contributed by atoms with Crippen molar-refractivity contribution in [1.29, 1.82) is 0 Å². The summed E-state index contributed by atoms with van der Waals surface area (Å²) in [6, 6.07) is 0.767. The second-order valence-electron chi connectivity index (χ2n) is 15.6. The Morgan fingerprint density at radius 2 is 0.560 bits per heavy atom. The van der Waals surface area contributed by atoms with Crippen LogP contribution < -0.4 is 0 Å². The van der Waals surface area contributed by atoms with Gasteiger partial charge in [0.05, 0.1) is 13.2 Å². The fraction of sp³-hybridized carbons (Fsp3) is 1.00. The topological polar surface area (TPSA) is 40.2 Å². The number of unbranched alkanes of at least 4 members (excludes halogenated alkanes) is 26. The lowest BCUT2D eigenvalue weighted by molar-refractivity contribution is 0.0997. The molecule has 0 aliphatic heterocycles. The van der Waals surface area contributed by atoms with Crippen LogP contribution in [0.2, 0.25) is 0 Å². The van der Waals surface area contributed by atoms with E-state index in [0.29, 0.717) is 25.3 Å². The maximum absolute atomic E-state index is 6.34. The largest absolute Gasteiger partial charge is 0.381 e. The molecule has 0 aromatic heterocycles. The van der Waals surface area contributed by atoms with E-state index in [2.05, 4.69) is 46.2 Å². The number of rotatable bonds is 43. The molecule has 50 heavy (non-hydrogen) atoms. The monoisotopic (exact) mass is 730 g/mol. The molecule has 0 bridgehead atoms. The van der Waals surface area contributed by atoms with Crippen molar-refractivity contribution >= 4 is 8.53 Å².